The summed E-state index contributed by atoms with van der Waals surface area (Å²) in [6, 6.07) is 0. The summed E-state index contributed by atoms with van der Waals surface area (Å²) in [5.41, 5.74) is 0. The molecular formula is C8H12Cl2N4O2. The molecule has 0 saturated heterocycles. The summed E-state index contributed by atoms with van der Waals surface area (Å²) >= 11 is 11.5. The highest BCUT2D eigenvalue weighted by molar-refractivity contribution is 6.32. The van der Waals surface area contributed by atoms with E-state index in [4.69, 9.17) is 33.0 Å². The fraction of sp³-hybridized carbons (Fsp3) is 0.625. The first-order chi connectivity index (χ1) is 7.69. The molecule has 0 amide bonds. The van der Waals surface area contributed by atoms with Crippen LogP contribution in [-0.4, -0.2) is 53.7 Å². The molecule has 90 valence electrons. The van der Waals surface area contributed by atoms with Crippen LogP contribution < -0.4 is 4.90 Å². The lowest BCUT2D eigenvalue weighted by molar-refractivity contribution is 0.202. The van der Waals surface area contributed by atoms with Gasteiger partial charge in [0.2, 0.25) is 5.28 Å². The maximum absolute atomic E-state index is 8.94. The summed E-state index contributed by atoms with van der Waals surface area (Å²) in [6.45, 7) is 1.36. The van der Waals surface area contributed by atoms with Gasteiger partial charge < -0.3 is 14.7 Å². The van der Waals surface area contributed by atoms with Gasteiger partial charge in [-0.25, -0.2) is 0 Å². The first-order valence-electron chi connectivity index (χ1n) is 4.59. The van der Waals surface area contributed by atoms with Crippen molar-refractivity contribution < 1.29 is 9.84 Å². The second-order valence-electron chi connectivity index (χ2n) is 2.90. The number of aliphatic hydroxyl groups excluding tert-OH is 1. The van der Waals surface area contributed by atoms with Gasteiger partial charge in [0, 0.05) is 20.2 Å². The van der Waals surface area contributed by atoms with E-state index in [1.54, 1.807) is 12.0 Å². The molecule has 0 spiro atoms. The monoisotopic (exact) mass is 266 g/mol. The highest BCUT2D eigenvalue weighted by Gasteiger charge is 2.14. The van der Waals surface area contributed by atoms with Crippen LogP contribution in [0.3, 0.4) is 0 Å². The SMILES string of the molecule is COCCN(CCO)c1nc(Cl)nnc1Cl. The van der Waals surface area contributed by atoms with Crippen LogP contribution in [-0.2, 0) is 4.74 Å². The first-order valence-corrected chi connectivity index (χ1v) is 5.35. The largest absolute Gasteiger partial charge is 0.395 e. The Kier molecular flexibility index (Phi) is 5.68. The molecule has 0 atom stereocenters. The van der Waals surface area contributed by atoms with Crippen molar-refractivity contribution in [1.29, 1.82) is 0 Å². The molecule has 0 aromatic carbocycles. The van der Waals surface area contributed by atoms with Gasteiger partial charge in [0.25, 0.3) is 0 Å². The summed E-state index contributed by atoms with van der Waals surface area (Å²) in [7, 11) is 1.59. The van der Waals surface area contributed by atoms with Crippen LogP contribution in [0.5, 0.6) is 0 Å². The maximum atomic E-state index is 8.94. The van der Waals surface area contributed by atoms with Crippen LogP contribution in [0.1, 0.15) is 0 Å². The van der Waals surface area contributed by atoms with E-state index < -0.39 is 0 Å². The zero-order valence-corrected chi connectivity index (χ0v) is 10.2. The van der Waals surface area contributed by atoms with Gasteiger partial charge >= 0.3 is 0 Å². The van der Waals surface area contributed by atoms with Crippen molar-refractivity contribution in [2.45, 2.75) is 0 Å². The molecule has 0 fully saturated rings. The molecule has 0 saturated carbocycles. The van der Waals surface area contributed by atoms with Gasteiger partial charge in [0.15, 0.2) is 11.0 Å². The Bertz CT molecular complexity index is 340. The summed E-state index contributed by atoms with van der Waals surface area (Å²) in [4.78, 5) is 5.69. The highest BCUT2D eigenvalue weighted by atomic mass is 35.5. The summed E-state index contributed by atoms with van der Waals surface area (Å²) in [5, 5.41) is 16.3. The Morgan fingerprint density at radius 2 is 2.06 bits per heavy atom. The van der Waals surface area contributed by atoms with E-state index in [2.05, 4.69) is 15.2 Å². The Balaban J connectivity index is 2.85. The standard InChI is InChI=1S/C8H12Cl2N4O2/c1-16-5-3-14(2-4-15)7-6(9)12-13-8(10)11-7/h15H,2-5H2,1H3. The van der Waals surface area contributed by atoms with Gasteiger partial charge in [-0.2, -0.15) is 4.98 Å². The van der Waals surface area contributed by atoms with E-state index in [0.717, 1.165) is 0 Å². The maximum Gasteiger partial charge on any atom is 0.245 e. The van der Waals surface area contributed by atoms with Crippen LogP contribution in [0.15, 0.2) is 0 Å². The number of hydrogen-bond donors (Lipinski definition) is 1. The van der Waals surface area contributed by atoms with E-state index in [0.29, 0.717) is 25.5 Å². The van der Waals surface area contributed by atoms with Gasteiger partial charge in [0.1, 0.15) is 0 Å². The third-order valence-corrected chi connectivity index (χ3v) is 2.24. The van der Waals surface area contributed by atoms with Crippen molar-refractivity contribution in [3.05, 3.63) is 10.4 Å². The van der Waals surface area contributed by atoms with Gasteiger partial charge in [-0.3, -0.25) is 0 Å². The minimum atomic E-state index is -0.0261. The number of aliphatic hydroxyl groups is 1. The molecular weight excluding hydrogens is 255 g/mol. The lowest BCUT2D eigenvalue weighted by Crippen LogP contribution is -2.31. The molecule has 0 aliphatic carbocycles. The molecule has 16 heavy (non-hydrogen) atoms. The van der Waals surface area contributed by atoms with Crippen LogP contribution in [0.2, 0.25) is 10.4 Å². The molecule has 1 aromatic rings. The van der Waals surface area contributed by atoms with E-state index >= 15 is 0 Å². The zero-order chi connectivity index (χ0) is 12.0. The minimum Gasteiger partial charge on any atom is -0.395 e. The lowest BCUT2D eigenvalue weighted by Gasteiger charge is -2.22. The normalized spacial score (nSPS) is 10.5. The van der Waals surface area contributed by atoms with Crippen LogP contribution in [0.25, 0.3) is 0 Å². The minimum absolute atomic E-state index is 0.0137. The molecule has 1 heterocycles. The van der Waals surface area contributed by atoms with E-state index in [-0.39, 0.29) is 17.0 Å². The molecule has 1 rings (SSSR count). The first kappa shape index (κ1) is 13.4. The van der Waals surface area contributed by atoms with E-state index in [9.17, 15) is 0 Å². The zero-order valence-electron chi connectivity index (χ0n) is 8.73. The Morgan fingerprint density at radius 3 is 2.69 bits per heavy atom. The molecule has 8 heteroatoms. The average Bonchev–Trinajstić information content (AvgIpc) is 2.28. The quantitative estimate of drug-likeness (QED) is 0.814. The molecule has 1 aromatic heterocycles. The van der Waals surface area contributed by atoms with Crippen molar-refractivity contribution in [1.82, 2.24) is 15.2 Å². The van der Waals surface area contributed by atoms with Crippen LogP contribution in [0, 0.1) is 0 Å². The van der Waals surface area contributed by atoms with Crippen molar-refractivity contribution in [3.63, 3.8) is 0 Å². The van der Waals surface area contributed by atoms with Gasteiger partial charge in [-0.05, 0) is 11.6 Å². The molecule has 0 radical (unpaired) electrons. The number of halogens is 2. The number of anilines is 1. The van der Waals surface area contributed by atoms with E-state index in [1.807, 2.05) is 0 Å². The predicted octanol–water partition coefficient (Wildman–Crippen LogP) is 0.623. The summed E-state index contributed by atoms with van der Waals surface area (Å²) in [6.07, 6.45) is 0. The average molecular weight is 267 g/mol. The fourth-order valence-corrected chi connectivity index (χ4v) is 1.45. The third-order valence-electron chi connectivity index (χ3n) is 1.84. The highest BCUT2D eigenvalue weighted by Crippen LogP contribution is 2.20. The van der Waals surface area contributed by atoms with E-state index in [1.165, 1.54) is 0 Å². The van der Waals surface area contributed by atoms with Crippen molar-refractivity contribution in [2.75, 3.05) is 38.3 Å². The van der Waals surface area contributed by atoms with Crippen molar-refractivity contribution in [3.8, 4) is 0 Å². The second-order valence-corrected chi connectivity index (χ2v) is 3.59. The number of ether oxygens (including phenoxy) is 1. The fourth-order valence-electron chi connectivity index (χ4n) is 1.13. The third kappa shape index (κ3) is 3.71. The Hall–Kier alpha value is -0.690. The molecule has 0 unspecified atom stereocenters. The summed E-state index contributed by atoms with van der Waals surface area (Å²) < 4.78 is 4.95. The predicted molar refractivity (Wildman–Crippen MR) is 61.0 cm³/mol. The second kappa shape index (κ2) is 6.80. The lowest BCUT2D eigenvalue weighted by atomic mass is 10.4. The van der Waals surface area contributed by atoms with Crippen molar-refractivity contribution >= 4 is 29.0 Å². The molecule has 1 N–H and O–H groups in total. The van der Waals surface area contributed by atoms with Crippen LogP contribution in [0.4, 0.5) is 5.82 Å². The molecule has 0 aliphatic heterocycles. The molecule has 6 nitrogen and oxygen atoms in total. The Morgan fingerprint density at radius 1 is 1.31 bits per heavy atom. The number of methoxy groups -OCH3 is 1. The van der Waals surface area contributed by atoms with Gasteiger partial charge in [-0.1, -0.05) is 11.6 Å². The topological polar surface area (TPSA) is 71.4 Å². The number of hydrogen-bond acceptors (Lipinski definition) is 6. The number of rotatable bonds is 6. The Labute approximate surface area is 103 Å². The molecule has 0 aliphatic rings. The van der Waals surface area contributed by atoms with Gasteiger partial charge in [0.05, 0.1) is 13.2 Å². The van der Waals surface area contributed by atoms with Crippen LogP contribution >= 0.6 is 23.2 Å². The molecule has 0 bridgehead atoms. The van der Waals surface area contributed by atoms with Gasteiger partial charge in [-0.15, -0.1) is 10.2 Å². The summed E-state index contributed by atoms with van der Waals surface area (Å²) in [5.74, 6) is 0.396. The number of nitrogens with zero attached hydrogens (tertiary/aromatic N) is 4. The van der Waals surface area contributed by atoms with Crippen molar-refractivity contribution in [2.24, 2.45) is 0 Å². The smallest absolute Gasteiger partial charge is 0.245 e. The number of aromatic nitrogens is 3.